The predicted molar refractivity (Wildman–Crippen MR) is 99.1 cm³/mol. The van der Waals surface area contributed by atoms with Crippen LogP contribution in [0.4, 0.5) is 5.69 Å². The van der Waals surface area contributed by atoms with Gasteiger partial charge in [0.25, 0.3) is 0 Å². The summed E-state index contributed by atoms with van der Waals surface area (Å²) in [6, 6.07) is 19.2. The third-order valence-electron chi connectivity index (χ3n) is 4.57. The first-order valence-corrected chi connectivity index (χ1v) is 8.95. The van der Waals surface area contributed by atoms with Crippen LogP contribution in [0.15, 0.2) is 60.7 Å². The Labute approximate surface area is 149 Å². The Bertz CT molecular complexity index is 692. The predicted octanol–water partition coefficient (Wildman–Crippen LogP) is 3.62. The second-order valence-corrected chi connectivity index (χ2v) is 6.42. The summed E-state index contributed by atoms with van der Waals surface area (Å²) in [6.07, 6.45) is 4.21. The first-order valence-electron chi connectivity index (χ1n) is 8.95. The van der Waals surface area contributed by atoms with Crippen molar-refractivity contribution in [2.24, 2.45) is 0 Å². The van der Waals surface area contributed by atoms with E-state index in [0.717, 1.165) is 36.9 Å². The lowest BCUT2D eigenvalue weighted by atomic mass is 10.2. The van der Waals surface area contributed by atoms with E-state index in [1.165, 1.54) is 0 Å². The number of nitrogens with zero attached hydrogens (tertiary/aromatic N) is 2. The van der Waals surface area contributed by atoms with E-state index in [1.54, 1.807) is 9.80 Å². The quantitative estimate of drug-likeness (QED) is 0.803. The summed E-state index contributed by atoms with van der Waals surface area (Å²) >= 11 is 0. The summed E-state index contributed by atoms with van der Waals surface area (Å²) in [5, 5.41) is 0. The molecule has 0 unspecified atom stereocenters. The van der Waals surface area contributed by atoms with Gasteiger partial charge in [-0.1, -0.05) is 61.4 Å². The highest BCUT2D eigenvalue weighted by Crippen LogP contribution is 2.19. The monoisotopic (exact) mass is 336 g/mol. The van der Waals surface area contributed by atoms with Crippen molar-refractivity contribution >= 4 is 17.5 Å². The molecule has 0 aliphatic carbocycles. The molecule has 0 atom stereocenters. The zero-order chi connectivity index (χ0) is 17.5. The zero-order valence-corrected chi connectivity index (χ0v) is 14.4. The molecular weight excluding hydrogens is 312 g/mol. The summed E-state index contributed by atoms with van der Waals surface area (Å²) in [7, 11) is 0. The minimum absolute atomic E-state index is 0.387. The van der Waals surface area contributed by atoms with E-state index in [4.69, 9.17) is 0 Å². The molecule has 130 valence electrons. The van der Waals surface area contributed by atoms with Crippen molar-refractivity contribution in [3.8, 4) is 0 Å². The van der Waals surface area contributed by atoms with Crippen LogP contribution >= 0.6 is 0 Å². The van der Waals surface area contributed by atoms with Crippen molar-refractivity contribution in [2.75, 3.05) is 18.0 Å². The van der Waals surface area contributed by atoms with Crippen molar-refractivity contribution in [2.45, 2.75) is 32.2 Å². The van der Waals surface area contributed by atoms with Gasteiger partial charge in [-0.15, -0.1) is 0 Å². The number of carbonyl (C=O) groups excluding carboxylic acids is 2. The molecule has 0 aromatic heterocycles. The normalized spacial score (nSPS) is 14.6. The fraction of sp³-hybridized carbons (Fsp3) is 0.333. The molecule has 0 saturated carbocycles. The number of rotatable bonds is 3. The molecule has 1 aliphatic rings. The average Bonchev–Trinajstić information content (AvgIpc) is 2.96. The summed E-state index contributed by atoms with van der Waals surface area (Å²) in [5.41, 5.74) is 1.75. The van der Waals surface area contributed by atoms with Gasteiger partial charge < -0.3 is 4.90 Å². The fourth-order valence-corrected chi connectivity index (χ4v) is 3.18. The van der Waals surface area contributed by atoms with Gasteiger partial charge in [0.2, 0.25) is 0 Å². The highest BCUT2D eigenvalue weighted by atomic mass is 16.2. The number of carbonyl (C=O) groups is 2. The Balaban J connectivity index is 1.82. The molecule has 1 fully saturated rings. The Morgan fingerprint density at radius 3 is 1.96 bits per heavy atom. The topological polar surface area (TPSA) is 40.6 Å². The van der Waals surface area contributed by atoms with Gasteiger partial charge in [-0.05, 0) is 30.5 Å². The number of hydrogen-bond donors (Lipinski definition) is 0. The van der Waals surface area contributed by atoms with Crippen LogP contribution in [0.25, 0.3) is 0 Å². The molecule has 4 heteroatoms. The maximum Gasteiger partial charge on any atom is 0.316 e. The maximum absolute atomic E-state index is 13.0. The molecule has 0 radical (unpaired) electrons. The van der Waals surface area contributed by atoms with Crippen LogP contribution in [0, 0.1) is 0 Å². The number of anilines is 1. The van der Waals surface area contributed by atoms with E-state index in [-0.39, 0.29) is 5.91 Å². The zero-order valence-electron chi connectivity index (χ0n) is 14.4. The lowest BCUT2D eigenvalue weighted by Gasteiger charge is -2.26. The van der Waals surface area contributed by atoms with Gasteiger partial charge in [0.15, 0.2) is 0 Å². The molecule has 1 aliphatic heterocycles. The van der Waals surface area contributed by atoms with E-state index < -0.39 is 5.91 Å². The van der Waals surface area contributed by atoms with Crippen LogP contribution in [0.5, 0.6) is 0 Å². The summed E-state index contributed by atoms with van der Waals surface area (Å²) < 4.78 is 0. The van der Waals surface area contributed by atoms with Crippen LogP contribution in [-0.2, 0) is 16.1 Å². The second kappa shape index (κ2) is 8.47. The maximum atomic E-state index is 13.0. The first kappa shape index (κ1) is 17.2. The van der Waals surface area contributed by atoms with E-state index in [1.807, 2.05) is 60.7 Å². The van der Waals surface area contributed by atoms with Gasteiger partial charge >= 0.3 is 11.8 Å². The minimum Gasteiger partial charge on any atom is -0.334 e. The molecule has 2 aromatic rings. The molecule has 0 bridgehead atoms. The lowest BCUT2D eigenvalue weighted by Crippen LogP contribution is -2.45. The summed E-state index contributed by atoms with van der Waals surface area (Å²) in [5.74, 6) is -0.835. The number of para-hydroxylation sites is 1. The SMILES string of the molecule is O=C(C(=O)N(Cc1ccccc1)c1ccccc1)N1CCCCCC1. The Morgan fingerprint density at radius 2 is 1.36 bits per heavy atom. The van der Waals surface area contributed by atoms with E-state index in [9.17, 15) is 9.59 Å². The van der Waals surface area contributed by atoms with Crippen molar-refractivity contribution in [1.82, 2.24) is 4.90 Å². The van der Waals surface area contributed by atoms with Crippen molar-refractivity contribution in [3.05, 3.63) is 66.2 Å². The summed E-state index contributed by atoms with van der Waals surface area (Å²) in [6.45, 7) is 1.75. The van der Waals surface area contributed by atoms with E-state index >= 15 is 0 Å². The van der Waals surface area contributed by atoms with Crippen LogP contribution in [0.2, 0.25) is 0 Å². The van der Waals surface area contributed by atoms with E-state index in [0.29, 0.717) is 19.6 Å². The van der Waals surface area contributed by atoms with Crippen LogP contribution in [-0.4, -0.2) is 29.8 Å². The highest BCUT2D eigenvalue weighted by molar-refractivity contribution is 6.40. The van der Waals surface area contributed by atoms with Gasteiger partial charge in [0.05, 0.1) is 6.54 Å². The molecule has 2 aromatic carbocycles. The highest BCUT2D eigenvalue weighted by Gasteiger charge is 2.28. The molecule has 3 rings (SSSR count). The molecule has 1 saturated heterocycles. The minimum atomic E-state index is -0.447. The molecule has 1 heterocycles. The van der Waals surface area contributed by atoms with Crippen molar-refractivity contribution in [1.29, 1.82) is 0 Å². The van der Waals surface area contributed by atoms with Gasteiger partial charge in [0.1, 0.15) is 0 Å². The van der Waals surface area contributed by atoms with Gasteiger partial charge in [-0.25, -0.2) is 0 Å². The van der Waals surface area contributed by atoms with E-state index in [2.05, 4.69) is 0 Å². The number of hydrogen-bond acceptors (Lipinski definition) is 2. The smallest absolute Gasteiger partial charge is 0.316 e. The van der Waals surface area contributed by atoms with Crippen molar-refractivity contribution < 1.29 is 9.59 Å². The second-order valence-electron chi connectivity index (χ2n) is 6.42. The van der Waals surface area contributed by atoms with Crippen LogP contribution in [0.3, 0.4) is 0 Å². The van der Waals surface area contributed by atoms with Gasteiger partial charge in [-0.2, -0.15) is 0 Å². The number of likely N-dealkylation sites (tertiary alicyclic amines) is 1. The van der Waals surface area contributed by atoms with Crippen LogP contribution < -0.4 is 4.90 Å². The average molecular weight is 336 g/mol. The molecular formula is C21H24N2O2. The fourth-order valence-electron chi connectivity index (χ4n) is 3.18. The Kier molecular flexibility index (Phi) is 5.83. The lowest BCUT2D eigenvalue weighted by molar-refractivity contribution is -0.144. The molecule has 4 nitrogen and oxygen atoms in total. The number of amides is 2. The standard InChI is InChI=1S/C21H24N2O2/c24-20(22-15-9-1-2-10-16-22)21(25)23(19-13-7-4-8-14-19)17-18-11-5-3-6-12-18/h3-8,11-14H,1-2,9-10,15-17H2. The Hall–Kier alpha value is -2.62. The molecule has 25 heavy (non-hydrogen) atoms. The largest absolute Gasteiger partial charge is 0.334 e. The van der Waals surface area contributed by atoms with Crippen molar-refractivity contribution in [3.63, 3.8) is 0 Å². The molecule has 0 spiro atoms. The first-order chi connectivity index (χ1) is 12.3. The summed E-state index contributed by atoms with van der Waals surface area (Å²) in [4.78, 5) is 29.1. The van der Waals surface area contributed by atoms with Gasteiger partial charge in [0, 0.05) is 18.8 Å². The molecule has 2 amide bonds. The third-order valence-corrected chi connectivity index (χ3v) is 4.57. The van der Waals surface area contributed by atoms with Gasteiger partial charge in [-0.3, -0.25) is 14.5 Å². The Morgan fingerprint density at radius 1 is 0.800 bits per heavy atom. The third kappa shape index (κ3) is 4.47. The number of benzene rings is 2. The van der Waals surface area contributed by atoms with Crippen LogP contribution in [0.1, 0.15) is 31.2 Å². The molecule has 0 N–H and O–H groups in total.